The van der Waals surface area contributed by atoms with Gasteiger partial charge < -0.3 is 24.8 Å². The molecule has 12 heteroatoms. The lowest BCUT2D eigenvalue weighted by atomic mass is 9.81. The molecule has 9 nitrogen and oxygen atoms in total. The average molecular weight is 479 g/mol. The number of hydrogen-bond acceptors (Lipinski definition) is 6. The van der Waals surface area contributed by atoms with Crippen molar-refractivity contribution in [2.24, 2.45) is 11.8 Å². The monoisotopic (exact) mass is 479 g/mol. The number of aliphatic carboxylic acids is 1. The molecule has 2 amide bonds. The third-order valence-corrected chi connectivity index (χ3v) is 6.54. The molecule has 2 aliphatic carbocycles. The van der Waals surface area contributed by atoms with Crippen molar-refractivity contribution < 1.29 is 42.1 Å². The fraction of sp³-hybridized carbons (Fsp3) is 0.857. The Morgan fingerprint density at radius 3 is 2.27 bits per heavy atom. The third kappa shape index (κ3) is 6.80. The lowest BCUT2D eigenvalue weighted by molar-refractivity contribution is -0.207. The number of halogens is 3. The Morgan fingerprint density at radius 1 is 1.15 bits per heavy atom. The molecule has 1 unspecified atom stereocenters. The summed E-state index contributed by atoms with van der Waals surface area (Å²) in [4.78, 5) is 38.1. The van der Waals surface area contributed by atoms with Gasteiger partial charge in [0.25, 0.3) is 0 Å². The van der Waals surface area contributed by atoms with Gasteiger partial charge in [-0.1, -0.05) is 6.42 Å². The summed E-state index contributed by atoms with van der Waals surface area (Å²) in [6.45, 7) is 4.53. The topological polar surface area (TPSA) is 108 Å². The van der Waals surface area contributed by atoms with Crippen molar-refractivity contribution in [1.82, 2.24) is 15.1 Å². The van der Waals surface area contributed by atoms with E-state index in [1.165, 1.54) is 19.3 Å². The number of carboxylic acids is 1. The first kappa shape index (κ1) is 25.7. The second kappa shape index (κ2) is 10.6. The summed E-state index contributed by atoms with van der Waals surface area (Å²) in [7, 11) is 1.63. The van der Waals surface area contributed by atoms with Crippen LogP contribution in [0.5, 0.6) is 0 Å². The quantitative estimate of drug-likeness (QED) is 0.522. The number of likely N-dealkylation sites (tertiary alicyclic amines) is 1. The van der Waals surface area contributed by atoms with E-state index in [1.54, 1.807) is 7.11 Å². The van der Waals surface area contributed by atoms with Crippen molar-refractivity contribution in [2.75, 3.05) is 53.0 Å². The molecular weight excluding hydrogens is 447 g/mol. The molecule has 188 valence electrons. The van der Waals surface area contributed by atoms with E-state index in [9.17, 15) is 22.8 Å². The third-order valence-electron chi connectivity index (χ3n) is 6.54. The number of nitrogens with one attached hydrogen (secondary N) is 1. The number of ether oxygens (including phenoxy) is 2. The number of alkyl halides is 3. The second-order valence-electron chi connectivity index (χ2n) is 9.29. The highest BCUT2D eigenvalue weighted by atomic mass is 19.4. The fourth-order valence-electron chi connectivity index (χ4n) is 4.26. The van der Waals surface area contributed by atoms with Crippen molar-refractivity contribution in [3.8, 4) is 0 Å². The van der Waals surface area contributed by atoms with Crippen LogP contribution < -0.4 is 5.32 Å². The number of carboxylic acid groups (broad SMARTS) is 1. The summed E-state index contributed by atoms with van der Waals surface area (Å²) in [6.07, 6.45) is 0.700. The van der Waals surface area contributed by atoms with Crippen LogP contribution in [-0.4, -0.2) is 104 Å². The first-order chi connectivity index (χ1) is 15.5. The van der Waals surface area contributed by atoms with Crippen molar-refractivity contribution in [3.05, 3.63) is 0 Å². The molecule has 2 saturated heterocycles. The van der Waals surface area contributed by atoms with E-state index in [2.05, 4.69) is 10.2 Å². The predicted molar refractivity (Wildman–Crippen MR) is 109 cm³/mol. The molecule has 0 aromatic heterocycles. The molecule has 0 radical (unpaired) electrons. The van der Waals surface area contributed by atoms with Gasteiger partial charge in [0.1, 0.15) is 11.6 Å². The largest absolute Gasteiger partial charge is 0.490 e. The molecular formula is C21H32F3N3O6. The summed E-state index contributed by atoms with van der Waals surface area (Å²) in [6, 6.07) is -0.227. The molecule has 0 bridgehead atoms. The van der Waals surface area contributed by atoms with E-state index >= 15 is 0 Å². The zero-order valence-corrected chi connectivity index (χ0v) is 18.7. The highest BCUT2D eigenvalue weighted by Crippen LogP contribution is 2.38. The normalized spacial score (nSPS) is 24.8. The molecule has 4 rings (SSSR count). The van der Waals surface area contributed by atoms with Crippen LogP contribution in [0.4, 0.5) is 13.2 Å². The zero-order valence-electron chi connectivity index (χ0n) is 18.7. The molecule has 4 aliphatic rings. The van der Waals surface area contributed by atoms with E-state index in [1.807, 2.05) is 4.90 Å². The summed E-state index contributed by atoms with van der Waals surface area (Å²) in [5.74, 6) is -1.46. The zero-order chi connectivity index (χ0) is 24.2. The highest BCUT2D eigenvalue weighted by Gasteiger charge is 2.53. The minimum absolute atomic E-state index is 0.0271. The maximum Gasteiger partial charge on any atom is 0.490 e. The van der Waals surface area contributed by atoms with Crippen LogP contribution in [-0.2, 0) is 23.9 Å². The van der Waals surface area contributed by atoms with Gasteiger partial charge in [-0.15, -0.1) is 0 Å². The van der Waals surface area contributed by atoms with Gasteiger partial charge in [0.15, 0.2) is 0 Å². The first-order valence-corrected chi connectivity index (χ1v) is 11.3. The Morgan fingerprint density at radius 2 is 1.79 bits per heavy atom. The Balaban J connectivity index is 0.000000383. The molecule has 0 aromatic rings. The van der Waals surface area contributed by atoms with Gasteiger partial charge in [-0.3, -0.25) is 14.5 Å². The van der Waals surface area contributed by atoms with Gasteiger partial charge in [-0.2, -0.15) is 13.2 Å². The summed E-state index contributed by atoms with van der Waals surface area (Å²) in [5.41, 5.74) is -0.266. The molecule has 2 aliphatic heterocycles. The average Bonchev–Trinajstić information content (AvgIpc) is 3.48. The molecule has 1 atom stereocenters. The fourth-order valence-corrected chi connectivity index (χ4v) is 4.26. The number of hydrogen-bond donors (Lipinski definition) is 2. The minimum atomic E-state index is -5.08. The number of rotatable bonds is 7. The van der Waals surface area contributed by atoms with Gasteiger partial charge in [0, 0.05) is 32.7 Å². The molecule has 33 heavy (non-hydrogen) atoms. The number of nitrogens with zero attached hydrogens (tertiary/aromatic N) is 2. The molecule has 4 fully saturated rings. The van der Waals surface area contributed by atoms with Crippen molar-refractivity contribution in [1.29, 1.82) is 0 Å². The molecule has 2 saturated carbocycles. The van der Waals surface area contributed by atoms with Crippen molar-refractivity contribution in [3.63, 3.8) is 0 Å². The lowest BCUT2D eigenvalue weighted by Gasteiger charge is -2.56. The summed E-state index contributed by atoms with van der Waals surface area (Å²) >= 11 is 0. The number of carbonyl (C=O) groups excluding carboxylic acids is 2. The number of methoxy groups -OCH3 is 1. The maximum absolute atomic E-state index is 12.6. The van der Waals surface area contributed by atoms with Gasteiger partial charge in [-0.25, -0.2) is 4.79 Å². The predicted octanol–water partition coefficient (Wildman–Crippen LogP) is 0.874. The second-order valence-corrected chi connectivity index (χ2v) is 9.29. The highest BCUT2D eigenvalue weighted by molar-refractivity contribution is 5.82. The van der Waals surface area contributed by atoms with E-state index in [4.69, 9.17) is 19.4 Å². The van der Waals surface area contributed by atoms with Crippen LogP contribution in [0, 0.1) is 11.8 Å². The van der Waals surface area contributed by atoms with Gasteiger partial charge >= 0.3 is 12.1 Å². The van der Waals surface area contributed by atoms with Crippen LogP contribution >= 0.6 is 0 Å². The molecule has 1 spiro atoms. The molecule has 0 aromatic carbocycles. The van der Waals surface area contributed by atoms with Gasteiger partial charge in [0.05, 0.1) is 26.3 Å². The minimum Gasteiger partial charge on any atom is -0.475 e. The Kier molecular flexibility index (Phi) is 8.22. The van der Waals surface area contributed by atoms with E-state index in [0.717, 1.165) is 25.9 Å². The molecule has 2 heterocycles. The Bertz CT molecular complexity index is 721. The number of carbonyl (C=O) groups is 3. The van der Waals surface area contributed by atoms with Crippen LogP contribution in [0.3, 0.4) is 0 Å². The van der Waals surface area contributed by atoms with Gasteiger partial charge in [0.2, 0.25) is 11.8 Å². The Labute approximate surface area is 190 Å². The lowest BCUT2D eigenvalue weighted by Crippen LogP contribution is -2.74. The smallest absolute Gasteiger partial charge is 0.475 e. The summed E-state index contributed by atoms with van der Waals surface area (Å²) < 4.78 is 42.9. The summed E-state index contributed by atoms with van der Waals surface area (Å²) in [5, 5.41) is 10.1. The first-order valence-electron chi connectivity index (χ1n) is 11.3. The SMILES string of the molecule is COCCNC(=O)C1COC2(CN(C(=O)C3CCC3)C2)CN1CC1CC1.O=C(O)C(F)(F)F. The number of amides is 2. The number of morpholine rings is 1. The van der Waals surface area contributed by atoms with E-state index in [-0.39, 0.29) is 23.5 Å². The van der Waals surface area contributed by atoms with Crippen LogP contribution in [0.15, 0.2) is 0 Å². The van der Waals surface area contributed by atoms with Crippen LogP contribution in [0.25, 0.3) is 0 Å². The van der Waals surface area contributed by atoms with Crippen molar-refractivity contribution in [2.45, 2.75) is 49.9 Å². The molecule has 2 N–H and O–H groups in total. The van der Waals surface area contributed by atoms with Crippen LogP contribution in [0.1, 0.15) is 32.1 Å². The van der Waals surface area contributed by atoms with Crippen molar-refractivity contribution >= 4 is 17.8 Å². The van der Waals surface area contributed by atoms with E-state index in [0.29, 0.717) is 44.7 Å². The van der Waals surface area contributed by atoms with E-state index < -0.39 is 12.1 Å². The maximum atomic E-state index is 12.6. The van der Waals surface area contributed by atoms with Crippen LogP contribution in [0.2, 0.25) is 0 Å². The standard InChI is InChI=1S/C19H31N3O4.C2HF3O2/c1-25-8-7-20-17(23)16-10-26-19(11-21(16)9-14-5-6-14)12-22(13-19)18(24)15-3-2-4-15;3-2(4,5)1(6)7/h14-16H,2-13H2,1H3,(H,20,23);(H,6,7). The van der Waals surface area contributed by atoms with Gasteiger partial charge in [-0.05, 0) is 31.6 Å². The Hall–Kier alpha value is -1.92.